The van der Waals surface area contributed by atoms with E-state index >= 15 is 0 Å². The standard InChI is InChI=1S/C27H36FN3O3/c1-19(21-10-12-22(28)13-11-21)30-24(32)27(31-25(33)34-26(2,3)4)16-14-23(15-17-27)29-18-20-8-6-5-7-9-20/h5-13,19,23,29H,14-18H2,1-4H3,(H,30,32)(H,31,33). The van der Waals surface area contributed by atoms with E-state index in [0.29, 0.717) is 12.8 Å². The van der Waals surface area contributed by atoms with E-state index in [1.165, 1.54) is 17.7 Å². The first kappa shape index (κ1) is 25.7. The minimum Gasteiger partial charge on any atom is -0.444 e. The Morgan fingerprint density at radius 3 is 2.26 bits per heavy atom. The predicted molar refractivity (Wildman–Crippen MR) is 131 cm³/mol. The fraction of sp³-hybridized carbons (Fsp3) is 0.481. The molecule has 0 heterocycles. The molecule has 2 aromatic carbocycles. The van der Waals surface area contributed by atoms with Crippen LogP contribution in [0.25, 0.3) is 0 Å². The van der Waals surface area contributed by atoms with Gasteiger partial charge < -0.3 is 20.7 Å². The normalized spacial score (nSPS) is 21.4. The average molecular weight is 470 g/mol. The Bertz CT molecular complexity index is 949. The highest BCUT2D eigenvalue weighted by Crippen LogP contribution is 2.31. The number of alkyl carbamates (subject to hydrolysis) is 1. The Morgan fingerprint density at radius 1 is 1.06 bits per heavy atom. The largest absolute Gasteiger partial charge is 0.444 e. The topological polar surface area (TPSA) is 79.5 Å². The van der Waals surface area contributed by atoms with Crippen LogP contribution in [0.1, 0.15) is 70.5 Å². The highest BCUT2D eigenvalue weighted by atomic mass is 19.1. The second kappa shape index (κ2) is 11.0. The number of amides is 2. The van der Waals surface area contributed by atoms with Crippen LogP contribution in [0.4, 0.5) is 9.18 Å². The Kier molecular flexibility index (Phi) is 8.31. The van der Waals surface area contributed by atoms with E-state index < -0.39 is 17.2 Å². The molecule has 2 amide bonds. The van der Waals surface area contributed by atoms with Gasteiger partial charge in [0.1, 0.15) is 17.0 Å². The van der Waals surface area contributed by atoms with Gasteiger partial charge in [0.25, 0.3) is 0 Å². The number of rotatable bonds is 7. The van der Waals surface area contributed by atoms with Gasteiger partial charge in [-0.15, -0.1) is 0 Å². The van der Waals surface area contributed by atoms with Crippen molar-refractivity contribution in [2.45, 2.75) is 83.1 Å². The molecule has 0 radical (unpaired) electrons. The number of ether oxygens (including phenoxy) is 1. The minimum absolute atomic E-state index is 0.246. The summed E-state index contributed by atoms with van der Waals surface area (Å²) < 4.78 is 18.8. The molecule has 0 bridgehead atoms. The second-order valence-corrected chi connectivity index (χ2v) is 10.1. The quantitative estimate of drug-likeness (QED) is 0.533. The summed E-state index contributed by atoms with van der Waals surface area (Å²) in [5.74, 6) is -0.580. The van der Waals surface area contributed by atoms with Crippen LogP contribution in [0.5, 0.6) is 0 Å². The molecule has 1 aliphatic rings. The fourth-order valence-corrected chi connectivity index (χ4v) is 4.25. The molecule has 0 saturated heterocycles. The highest BCUT2D eigenvalue weighted by molar-refractivity contribution is 5.90. The summed E-state index contributed by atoms with van der Waals surface area (Å²) in [5.41, 5.74) is 0.261. The minimum atomic E-state index is -1.07. The third-order valence-electron chi connectivity index (χ3n) is 6.17. The molecule has 3 rings (SSSR count). The van der Waals surface area contributed by atoms with E-state index in [0.717, 1.165) is 24.9 Å². The maximum absolute atomic E-state index is 13.5. The number of carbonyl (C=O) groups excluding carboxylic acids is 2. The number of nitrogens with one attached hydrogen (secondary N) is 3. The maximum atomic E-state index is 13.5. The van der Waals surface area contributed by atoms with Gasteiger partial charge in [-0.1, -0.05) is 42.5 Å². The van der Waals surface area contributed by atoms with Crippen molar-refractivity contribution in [3.63, 3.8) is 0 Å². The smallest absolute Gasteiger partial charge is 0.408 e. The van der Waals surface area contributed by atoms with Crippen molar-refractivity contribution in [3.8, 4) is 0 Å². The molecular weight excluding hydrogens is 433 g/mol. The number of hydrogen-bond acceptors (Lipinski definition) is 4. The van der Waals surface area contributed by atoms with Gasteiger partial charge in [0.15, 0.2) is 0 Å². The number of benzene rings is 2. The summed E-state index contributed by atoms with van der Waals surface area (Å²) in [4.78, 5) is 26.1. The SMILES string of the molecule is CC(NC(=O)C1(NC(=O)OC(C)(C)C)CCC(NCc2ccccc2)CC1)c1ccc(F)cc1. The molecule has 0 spiro atoms. The van der Waals surface area contributed by atoms with Crippen molar-refractivity contribution in [2.75, 3.05) is 0 Å². The molecule has 0 aromatic heterocycles. The van der Waals surface area contributed by atoms with E-state index in [1.54, 1.807) is 32.9 Å². The molecule has 0 aliphatic heterocycles. The molecule has 1 saturated carbocycles. The first-order chi connectivity index (χ1) is 16.1. The monoisotopic (exact) mass is 469 g/mol. The van der Waals surface area contributed by atoms with Crippen LogP contribution >= 0.6 is 0 Å². The Balaban J connectivity index is 1.68. The highest BCUT2D eigenvalue weighted by Gasteiger charge is 2.44. The molecule has 1 fully saturated rings. The van der Waals surface area contributed by atoms with E-state index in [2.05, 4.69) is 28.1 Å². The third-order valence-corrected chi connectivity index (χ3v) is 6.17. The van der Waals surface area contributed by atoms with E-state index in [1.807, 2.05) is 25.1 Å². The van der Waals surface area contributed by atoms with Crippen LogP contribution in [0, 0.1) is 5.82 Å². The van der Waals surface area contributed by atoms with Crippen molar-refractivity contribution >= 4 is 12.0 Å². The summed E-state index contributed by atoms with van der Waals surface area (Å²) >= 11 is 0. The van der Waals surface area contributed by atoms with E-state index in [9.17, 15) is 14.0 Å². The first-order valence-electron chi connectivity index (χ1n) is 11.9. The predicted octanol–water partition coefficient (Wildman–Crippen LogP) is 5.00. The lowest BCUT2D eigenvalue weighted by Crippen LogP contribution is -2.62. The van der Waals surface area contributed by atoms with Gasteiger partial charge in [0, 0.05) is 12.6 Å². The molecule has 6 nitrogen and oxygen atoms in total. The molecule has 184 valence electrons. The van der Waals surface area contributed by atoms with Crippen molar-refractivity contribution in [2.24, 2.45) is 0 Å². The molecule has 1 unspecified atom stereocenters. The van der Waals surface area contributed by atoms with Gasteiger partial charge in [-0.2, -0.15) is 0 Å². The Morgan fingerprint density at radius 2 is 1.68 bits per heavy atom. The Labute approximate surface area is 201 Å². The molecule has 2 aromatic rings. The maximum Gasteiger partial charge on any atom is 0.408 e. The second-order valence-electron chi connectivity index (χ2n) is 10.1. The summed E-state index contributed by atoms with van der Waals surface area (Å²) in [6, 6.07) is 16.1. The van der Waals surface area contributed by atoms with Crippen LogP contribution in [-0.4, -0.2) is 29.2 Å². The zero-order valence-electron chi connectivity index (χ0n) is 20.5. The lowest BCUT2D eigenvalue weighted by atomic mass is 9.78. The molecular formula is C27H36FN3O3. The first-order valence-corrected chi connectivity index (χ1v) is 11.9. The lowest BCUT2D eigenvalue weighted by molar-refractivity contribution is -0.130. The molecule has 1 aliphatic carbocycles. The zero-order chi connectivity index (χ0) is 24.8. The summed E-state index contributed by atoms with van der Waals surface area (Å²) in [6.45, 7) is 7.98. The van der Waals surface area contributed by atoms with Crippen molar-refractivity contribution in [1.82, 2.24) is 16.0 Å². The molecule has 7 heteroatoms. The van der Waals surface area contributed by atoms with Crippen LogP contribution in [0.15, 0.2) is 54.6 Å². The van der Waals surface area contributed by atoms with Crippen molar-refractivity contribution in [3.05, 3.63) is 71.5 Å². The number of carbonyl (C=O) groups is 2. The molecule has 3 N–H and O–H groups in total. The average Bonchev–Trinajstić information content (AvgIpc) is 2.78. The zero-order valence-corrected chi connectivity index (χ0v) is 20.5. The van der Waals surface area contributed by atoms with Crippen molar-refractivity contribution < 1.29 is 18.7 Å². The van der Waals surface area contributed by atoms with Gasteiger partial charge in [0.05, 0.1) is 6.04 Å². The lowest BCUT2D eigenvalue weighted by Gasteiger charge is -2.40. The number of halogens is 1. The summed E-state index contributed by atoms with van der Waals surface area (Å²) in [5, 5.41) is 9.47. The van der Waals surface area contributed by atoms with Crippen molar-refractivity contribution in [1.29, 1.82) is 0 Å². The Hall–Kier alpha value is -2.93. The molecule has 34 heavy (non-hydrogen) atoms. The van der Waals surface area contributed by atoms with Crippen LogP contribution in [0.3, 0.4) is 0 Å². The molecule has 1 atom stereocenters. The van der Waals surface area contributed by atoms with Gasteiger partial charge in [-0.3, -0.25) is 4.79 Å². The van der Waals surface area contributed by atoms with Crippen LogP contribution in [-0.2, 0) is 16.1 Å². The van der Waals surface area contributed by atoms with E-state index in [-0.39, 0.29) is 23.8 Å². The van der Waals surface area contributed by atoms with Crippen LogP contribution in [0.2, 0.25) is 0 Å². The summed E-state index contributed by atoms with van der Waals surface area (Å²) in [6.07, 6.45) is 1.84. The van der Waals surface area contributed by atoms with Gasteiger partial charge in [-0.05, 0) is 76.6 Å². The summed E-state index contributed by atoms with van der Waals surface area (Å²) in [7, 11) is 0. The fourth-order valence-electron chi connectivity index (χ4n) is 4.25. The van der Waals surface area contributed by atoms with Gasteiger partial charge in [-0.25, -0.2) is 9.18 Å². The van der Waals surface area contributed by atoms with Gasteiger partial charge >= 0.3 is 6.09 Å². The van der Waals surface area contributed by atoms with Crippen LogP contribution < -0.4 is 16.0 Å². The van der Waals surface area contributed by atoms with Gasteiger partial charge in [0.2, 0.25) is 5.91 Å². The number of hydrogen-bond donors (Lipinski definition) is 3. The third kappa shape index (κ3) is 7.29. The van der Waals surface area contributed by atoms with E-state index in [4.69, 9.17) is 4.74 Å².